The van der Waals surface area contributed by atoms with Crippen LogP contribution in [0.5, 0.6) is 11.5 Å². The van der Waals surface area contributed by atoms with Gasteiger partial charge in [0.1, 0.15) is 11.5 Å². The van der Waals surface area contributed by atoms with E-state index in [4.69, 9.17) is 13.9 Å². The molecule has 0 aliphatic carbocycles. The molecule has 2 rings (SSSR count). The van der Waals surface area contributed by atoms with Crippen LogP contribution >= 0.6 is 24.0 Å². The summed E-state index contributed by atoms with van der Waals surface area (Å²) >= 11 is 0. The van der Waals surface area contributed by atoms with Crippen molar-refractivity contribution >= 4 is 29.9 Å². The molecular formula is C20H30IN3O3. The number of hydrogen-bond donors (Lipinski definition) is 2. The molecule has 1 aromatic carbocycles. The zero-order valence-corrected chi connectivity index (χ0v) is 19.0. The lowest BCUT2D eigenvalue weighted by atomic mass is 10.1. The number of ether oxygens (including phenoxy) is 2. The van der Waals surface area contributed by atoms with E-state index in [0.717, 1.165) is 54.1 Å². The lowest BCUT2D eigenvalue weighted by Crippen LogP contribution is -2.38. The molecule has 2 N–H and O–H groups in total. The number of hydrogen-bond acceptors (Lipinski definition) is 4. The summed E-state index contributed by atoms with van der Waals surface area (Å²) in [5.74, 6) is 4.12. The highest BCUT2D eigenvalue weighted by molar-refractivity contribution is 14.0. The maximum atomic E-state index is 5.55. The van der Waals surface area contributed by atoms with Crippen molar-refractivity contribution in [3.8, 4) is 11.5 Å². The third-order valence-corrected chi connectivity index (χ3v) is 4.05. The molecule has 27 heavy (non-hydrogen) atoms. The zero-order chi connectivity index (χ0) is 18.9. The quantitative estimate of drug-likeness (QED) is 0.337. The Balaban J connectivity index is 0.00000364. The van der Waals surface area contributed by atoms with E-state index < -0.39 is 0 Å². The maximum absolute atomic E-state index is 5.55. The first-order valence-corrected chi connectivity index (χ1v) is 8.86. The van der Waals surface area contributed by atoms with E-state index in [1.54, 1.807) is 14.2 Å². The fourth-order valence-corrected chi connectivity index (χ4v) is 2.71. The van der Waals surface area contributed by atoms with Crippen LogP contribution in [-0.2, 0) is 13.0 Å². The summed E-state index contributed by atoms with van der Waals surface area (Å²) in [5.41, 5.74) is 2.28. The van der Waals surface area contributed by atoms with E-state index in [2.05, 4.69) is 22.5 Å². The Morgan fingerprint density at radius 2 is 1.81 bits per heavy atom. The predicted octanol–water partition coefficient (Wildman–Crippen LogP) is 3.83. The molecule has 7 heteroatoms. The number of rotatable bonds is 8. The van der Waals surface area contributed by atoms with E-state index in [0.29, 0.717) is 6.54 Å². The van der Waals surface area contributed by atoms with E-state index in [1.165, 1.54) is 5.56 Å². The van der Waals surface area contributed by atoms with Gasteiger partial charge in [-0.05, 0) is 51.0 Å². The summed E-state index contributed by atoms with van der Waals surface area (Å²) in [6.07, 6.45) is 0.856. The third kappa shape index (κ3) is 6.97. The Bertz CT molecular complexity index is 744. The highest BCUT2D eigenvalue weighted by Crippen LogP contribution is 2.27. The largest absolute Gasteiger partial charge is 0.493 e. The van der Waals surface area contributed by atoms with Crippen LogP contribution < -0.4 is 20.1 Å². The molecule has 0 radical (unpaired) electrons. The van der Waals surface area contributed by atoms with Crippen molar-refractivity contribution in [2.45, 2.75) is 33.7 Å². The standard InChI is InChI=1S/C20H29N3O3.HI/c1-6-21-20(23-13-17-11-14(2)26-15(17)3)22-10-9-16-7-8-18(24-4)19(12-16)25-5;/h7-8,11-12H,6,9-10,13H2,1-5H3,(H2,21,22,23);1H. The van der Waals surface area contributed by atoms with Crippen LogP contribution in [0, 0.1) is 13.8 Å². The minimum absolute atomic E-state index is 0. The van der Waals surface area contributed by atoms with Gasteiger partial charge in [0.05, 0.1) is 20.8 Å². The van der Waals surface area contributed by atoms with Gasteiger partial charge in [0.2, 0.25) is 0 Å². The fourth-order valence-electron chi connectivity index (χ4n) is 2.71. The first kappa shape index (κ1) is 23.1. The van der Waals surface area contributed by atoms with Crippen LogP contribution in [0.1, 0.15) is 29.6 Å². The first-order chi connectivity index (χ1) is 12.6. The molecule has 1 heterocycles. The van der Waals surface area contributed by atoms with Gasteiger partial charge >= 0.3 is 0 Å². The predicted molar refractivity (Wildman–Crippen MR) is 120 cm³/mol. The summed E-state index contributed by atoms with van der Waals surface area (Å²) in [7, 11) is 3.29. The summed E-state index contributed by atoms with van der Waals surface area (Å²) in [4.78, 5) is 4.64. The second-order valence-corrected chi connectivity index (χ2v) is 6.00. The average Bonchev–Trinajstić information content (AvgIpc) is 2.96. The number of methoxy groups -OCH3 is 2. The van der Waals surface area contributed by atoms with E-state index in [1.807, 2.05) is 38.1 Å². The van der Waals surface area contributed by atoms with Crippen LogP contribution in [0.2, 0.25) is 0 Å². The molecule has 1 aromatic heterocycles. The Labute approximate surface area is 178 Å². The van der Waals surface area contributed by atoms with Crippen molar-refractivity contribution in [1.29, 1.82) is 0 Å². The van der Waals surface area contributed by atoms with Crippen molar-refractivity contribution in [1.82, 2.24) is 10.6 Å². The van der Waals surface area contributed by atoms with Crippen molar-refractivity contribution < 1.29 is 13.9 Å². The van der Waals surface area contributed by atoms with Gasteiger partial charge < -0.3 is 24.5 Å². The van der Waals surface area contributed by atoms with Crippen molar-refractivity contribution in [2.75, 3.05) is 27.3 Å². The van der Waals surface area contributed by atoms with Crippen LogP contribution in [0.15, 0.2) is 33.7 Å². The van der Waals surface area contributed by atoms with Crippen LogP contribution in [0.25, 0.3) is 0 Å². The summed E-state index contributed by atoms with van der Waals surface area (Å²) < 4.78 is 16.2. The van der Waals surface area contributed by atoms with Crippen LogP contribution in [0.3, 0.4) is 0 Å². The molecular weight excluding hydrogens is 457 g/mol. The van der Waals surface area contributed by atoms with Gasteiger partial charge in [-0.15, -0.1) is 24.0 Å². The first-order valence-electron chi connectivity index (χ1n) is 8.86. The minimum Gasteiger partial charge on any atom is -0.493 e. The molecule has 0 spiro atoms. The molecule has 0 saturated heterocycles. The van der Waals surface area contributed by atoms with Gasteiger partial charge in [0.25, 0.3) is 0 Å². The van der Waals surface area contributed by atoms with Crippen molar-refractivity contribution in [2.24, 2.45) is 4.99 Å². The number of halogens is 1. The van der Waals surface area contributed by atoms with Gasteiger partial charge in [-0.25, -0.2) is 4.99 Å². The summed E-state index contributed by atoms with van der Waals surface area (Å²) in [6.45, 7) is 8.14. The van der Waals surface area contributed by atoms with E-state index >= 15 is 0 Å². The van der Waals surface area contributed by atoms with Crippen LogP contribution in [0.4, 0.5) is 0 Å². The number of benzene rings is 1. The highest BCUT2D eigenvalue weighted by Gasteiger charge is 2.06. The minimum atomic E-state index is 0. The SMILES string of the molecule is CCNC(=NCc1cc(C)oc1C)NCCc1ccc(OC)c(OC)c1.I. The molecule has 0 atom stereocenters. The molecule has 0 aliphatic rings. The molecule has 0 fully saturated rings. The number of guanidine groups is 1. The number of nitrogens with one attached hydrogen (secondary N) is 2. The molecule has 6 nitrogen and oxygen atoms in total. The van der Waals surface area contributed by atoms with E-state index in [9.17, 15) is 0 Å². The average molecular weight is 487 g/mol. The lowest BCUT2D eigenvalue weighted by molar-refractivity contribution is 0.354. The molecule has 0 saturated carbocycles. The van der Waals surface area contributed by atoms with Gasteiger partial charge in [-0.2, -0.15) is 0 Å². The highest BCUT2D eigenvalue weighted by atomic mass is 127. The topological polar surface area (TPSA) is 68.0 Å². The molecule has 2 aromatic rings. The zero-order valence-electron chi connectivity index (χ0n) is 16.7. The van der Waals surface area contributed by atoms with Gasteiger partial charge in [0, 0.05) is 18.7 Å². The summed E-state index contributed by atoms with van der Waals surface area (Å²) in [5, 5.41) is 6.64. The Kier molecular flexibility index (Phi) is 10.1. The van der Waals surface area contributed by atoms with Crippen LogP contribution in [-0.4, -0.2) is 33.3 Å². The molecule has 0 aliphatic heterocycles. The van der Waals surface area contributed by atoms with Crippen molar-refractivity contribution in [3.63, 3.8) is 0 Å². The maximum Gasteiger partial charge on any atom is 0.191 e. The lowest BCUT2D eigenvalue weighted by Gasteiger charge is -2.12. The fraction of sp³-hybridized carbons (Fsp3) is 0.450. The van der Waals surface area contributed by atoms with Gasteiger partial charge in [-0.1, -0.05) is 6.07 Å². The monoisotopic (exact) mass is 487 g/mol. The third-order valence-electron chi connectivity index (χ3n) is 4.05. The van der Waals surface area contributed by atoms with Gasteiger partial charge in [-0.3, -0.25) is 0 Å². The number of aliphatic imine (C=N–C) groups is 1. The number of furan rings is 1. The summed E-state index contributed by atoms with van der Waals surface area (Å²) in [6, 6.07) is 8.01. The van der Waals surface area contributed by atoms with Crippen molar-refractivity contribution in [3.05, 3.63) is 46.9 Å². The number of nitrogens with zero attached hydrogens (tertiary/aromatic N) is 1. The molecule has 0 bridgehead atoms. The van der Waals surface area contributed by atoms with Gasteiger partial charge in [0.15, 0.2) is 17.5 Å². The number of aryl methyl sites for hydroxylation is 2. The normalized spacial score (nSPS) is 10.9. The molecule has 0 amide bonds. The second-order valence-electron chi connectivity index (χ2n) is 6.00. The second kappa shape index (κ2) is 11.7. The molecule has 0 unspecified atom stereocenters. The smallest absolute Gasteiger partial charge is 0.191 e. The Hall–Kier alpha value is -1.90. The Morgan fingerprint density at radius 3 is 2.41 bits per heavy atom. The van der Waals surface area contributed by atoms with E-state index in [-0.39, 0.29) is 24.0 Å². The molecule has 150 valence electrons. The Morgan fingerprint density at radius 1 is 1.07 bits per heavy atom.